The van der Waals surface area contributed by atoms with Crippen LogP contribution >= 0.6 is 0 Å². The molecule has 0 aliphatic carbocycles. The third-order valence-electron chi connectivity index (χ3n) is 6.72. The summed E-state index contributed by atoms with van der Waals surface area (Å²) in [5, 5.41) is 16.4. The van der Waals surface area contributed by atoms with Crippen molar-refractivity contribution in [1.82, 2.24) is 0 Å². The molecule has 2 N–H and O–H groups in total. The quantitative estimate of drug-likeness (QED) is 0.0734. The van der Waals surface area contributed by atoms with E-state index in [0.29, 0.717) is 34.0 Å². The lowest BCUT2D eigenvalue weighted by Gasteiger charge is -2.12. The lowest BCUT2D eigenvalue weighted by atomic mass is 10.0. The molecule has 0 saturated heterocycles. The van der Waals surface area contributed by atoms with Crippen molar-refractivity contribution in [1.29, 1.82) is 0 Å². The summed E-state index contributed by atoms with van der Waals surface area (Å²) >= 11 is 0. The SMILES string of the molecule is Cc1ccc(/C=C/C(=O)Nc2ccc(NC(=O)/C=C/c3ccc(-c4ccc([N+](=O)[O-])cc4)o3)cc2C(=O)c2ccccc2)cc1. The molecule has 0 unspecified atom stereocenters. The molecule has 0 bridgehead atoms. The van der Waals surface area contributed by atoms with Crippen LogP contribution in [0.2, 0.25) is 0 Å². The zero-order valence-corrected chi connectivity index (χ0v) is 24.1. The zero-order chi connectivity index (χ0) is 31.8. The van der Waals surface area contributed by atoms with Crippen LogP contribution in [0.15, 0.2) is 126 Å². The van der Waals surface area contributed by atoms with E-state index in [-0.39, 0.29) is 17.0 Å². The van der Waals surface area contributed by atoms with E-state index in [9.17, 15) is 24.5 Å². The highest BCUT2D eigenvalue weighted by molar-refractivity contribution is 6.16. The number of amides is 2. The van der Waals surface area contributed by atoms with E-state index in [1.807, 2.05) is 31.2 Å². The monoisotopic (exact) mass is 597 g/mol. The predicted molar refractivity (Wildman–Crippen MR) is 174 cm³/mol. The molecule has 9 heteroatoms. The first-order chi connectivity index (χ1) is 21.7. The summed E-state index contributed by atoms with van der Waals surface area (Å²) in [6.45, 7) is 1.98. The second-order valence-electron chi connectivity index (χ2n) is 10.0. The molecule has 0 fully saturated rings. The standard InChI is InChI=1S/C36H27N3O6/c1-24-7-9-25(10-8-24)11-21-35(41)38-32-19-14-28(23-31(32)36(42)27-5-3-2-4-6-27)37-34(40)22-18-30-17-20-33(45-30)26-12-15-29(16-13-26)39(43)44/h2-23H,1H3,(H,37,40)(H,38,41)/b21-11+,22-18+. The van der Waals surface area contributed by atoms with Crippen molar-refractivity contribution in [3.05, 3.63) is 159 Å². The Balaban J connectivity index is 1.30. The molecule has 5 aromatic rings. The van der Waals surface area contributed by atoms with Gasteiger partial charge in [-0.25, -0.2) is 0 Å². The first-order valence-corrected chi connectivity index (χ1v) is 13.9. The molecule has 0 aliphatic heterocycles. The zero-order valence-electron chi connectivity index (χ0n) is 24.1. The second kappa shape index (κ2) is 13.7. The summed E-state index contributed by atoms with van der Waals surface area (Å²) in [7, 11) is 0. The lowest BCUT2D eigenvalue weighted by molar-refractivity contribution is -0.384. The van der Waals surface area contributed by atoms with Crippen molar-refractivity contribution in [2.75, 3.05) is 10.6 Å². The number of carbonyl (C=O) groups is 3. The van der Waals surface area contributed by atoms with Crippen LogP contribution in [0.4, 0.5) is 17.1 Å². The molecule has 4 aromatic carbocycles. The van der Waals surface area contributed by atoms with Gasteiger partial charge in [0.05, 0.1) is 10.6 Å². The summed E-state index contributed by atoms with van der Waals surface area (Å²) in [5.41, 5.74) is 3.87. The van der Waals surface area contributed by atoms with Gasteiger partial charge in [0.25, 0.3) is 5.69 Å². The fourth-order valence-electron chi connectivity index (χ4n) is 4.37. The molecular formula is C36H27N3O6. The predicted octanol–water partition coefficient (Wildman–Crippen LogP) is 7.70. The summed E-state index contributed by atoms with van der Waals surface area (Å²) < 4.78 is 5.75. The Kier molecular flexibility index (Phi) is 9.20. The summed E-state index contributed by atoms with van der Waals surface area (Å²) in [4.78, 5) is 49.4. The van der Waals surface area contributed by atoms with Crippen LogP contribution in [0.1, 0.15) is 32.8 Å². The topological polar surface area (TPSA) is 132 Å². The van der Waals surface area contributed by atoms with Gasteiger partial charge in [-0.3, -0.25) is 24.5 Å². The number of aryl methyl sites for hydroxylation is 1. The highest BCUT2D eigenvalue weighted by Gasteiger charge is 2.16. The molecule has 2 amide bonds. The summed E-state index contributed by atoms with van der Waals surface area (Å²) in [5.74, 6) is -0.326. The Labute approximate surface area is 258 Å². The van der Waals surface area contributed by atoms with Gasteiger partial charge in [0.1, 0.15) is 11.5 Å². The number of non-ortho nitro benzene ring substituents is 1. The number of anilines is 2. The summed E-state index contributed by atoms with van der Waals surface area (Å²) in [6.07, 6.45) is 5.84. The first-order valence-electron chi connectivity index (χ1n) is 13.9. The van der Waals surface area contributed by atoms with Crippen LogP contribution in [0.3, 0.4) is 0 Å². The van der Waals surface area contributed by atoms with Crippen molar-refractivity contribution in [3.63, 3.8) is 0 Å². The Morgan fingerprint density at radius 1 is 0.756 bits per heavy atom. The van der Waals surface area contributed by atoms with Crippen molar-refractivity contribution in [2.24, 2.45) is 0 Å². The van der Waals surface area contributed by atoms with Gasteiger partial charge in [-0.15, -0.1) is 0 Å². The van der Waals surface area contributed by atoms with Crippen LogP contribution in [0, 0.1) is 17.0 Å². The van der Waals surface area contributed by atoms with Crippen molar-refractivity contribution in [3.8, 4) is 11.3 Å². The average Bonchev–Trinajstić information content (AvgIpc) is 3.53. The lowest BCUT2D eigenvalue weighted by Crippen LogP contribution is -2.14. The number of nitrogens with zero attached hydrogens (tertiary/aromatic N) is 1. The number of nitro groups is 1. The minimum Gasteiger partial charge on any atom is -0.457 e. The van der Waals surface area contributed by atoms with E-state index in [1.165, 1.54) is 36.4 Å². The van der Waals surface area contributed by atoms with Gasteiger partial charge < -0.3 is 15.1 Å². The van der Waals surface area contributed by atoms with E-state index >= 15 is 0 Å². The van der Waals surface area contributed by atoms with Gasteiger partial charge >= 0.3 is 0 Å². The number of hydrogen-bond acceptors (Lipinski definition) is 6. The molecule has 0 spiro atoms. The summed E-state index contributed by atoms with van der Waals surface area (Å²) in [6, 6.07) is 30.3. The Morgan fingerprint density at radius 3 is 2.16 bits per heavy atom. The fourth-order valence-corrected chi connectivity index (χ4v) is 4.37. The van der Waals surface area contributed by atoms with Crippen LogP contribution < -0.4 is 10.6 Å². The van der Waals surface area contributed by atoms with Gasteiger partial charge in [-0.05, 0) is 67.1 Å². The molecule has 0 radical (unpaired) electrons. The van der Waals surface area contributed by atoms with Crippen LogP contribution in [-0.2, 0) is 9.59 Å². The number of furan rings is 1. The Morgan fingerprint density at radius 2 is 1.44 bits per heavy atom. The number of hydrogen-bond donors (Lipinski definition) is 2. The Bertz CT molecular complexity index is 1920. The number of rotatable bonds is 10. The number of carbonyl (C=O) groups excluding carboxylic acids is 3. The molecule has 0 aliphatic rings. The third kappa shape index (κ3) is 7.94. The molecule has 0 saturated carbocycles. The van der Waals surface area contributed by atoms with Crippen molar-refractivity contribution < 1.29 is 23.7 Å². The highest BCUT2D eigenvalue weighted by atomic mass is 16.6. The number of nitro benzene ring substituents is 1. The third-order valence-corrected chi connectivity index (χ3v) is 6.72. The van der Waals surface area contributed by atoms with Gasteiger partial charge in [-0.2, -0.15) is 0 Å². The van der Waals surface area contributed by atoms with E-state index in [4.69, 9.17) is 4.42 Å². The highest BCUT2D eigenvalue weighted by Crippen LogP contribution is 2.26. The van der Waals surface area contributed by atoms with E-state index in [0.717, 1.165) is 11.1 Å². The molecular weight excluding hydrogens is 570 g/mol. The normalized spacial score (nSPS) is 11.0. The number of benzene rings is 4. The van der Waals surface area contributed by atoms with Crippen LogP contribution in [0.25, 0.3) is 23.5 Å². The largest absolute Gasteiger partial charge is 0.457 e. The maximum Gasteiger partial charge on any atom is 0.269 e. The molecule has 45 heavy (non-hydrogen) atoms. The number of ketones is 1. The number of nitrogens with one attached hydrogen (secondary N) is 2. The minimum atomic E-state index is -0.478. The molecule has 222 valence electrons. The smallest absolute Gasteiger partial charge is 0.269 e. The Hall–Kier alpha value is -6.35. The van der Waals surface area contributed by atoms with E-state index in [1.54, 1.807) is 72.8 Å². The molecule has 0 atom stereocenters. The van der Waals surface area contributed by atoms with Gasteiger partial charge in [0.15, 0.2) is 5.78 Å². The van der Waals surface area contributed by atoms with E-state index < -0.39 is 16.7 Å². The maximum absolute atomic E-state index is 13.4. The second-order valence-corrected chi connectivity index (χ2v) is 10.0. The molecule has 5 rings (SSSR count). The molecule has 1 aromatic heterocycles. The average molecular weight is 598 g/mol. The van der Waals surface area contributed by atoms with Crippen LogP contribution in [0.5, 0.6) is 0 Å². The molecule has 9 nitrogen and oxygen atoms in total. The minimum absolute atomic E-state index is 0.0268. The fraction of sp³-hybridized carbons (Fsp3) is 0.0278. The van der Waals surface area contributed by atoms with E-state index in [2.05, 4.69) is 10.6 Å². The van der Waals surface area contributed by atoms with Gasteiger partial charge in [0.2, 0.25) is 11.8 Å². The van der Waals surface area contributed by atoms with Gasteiger partial charge in [-0.1, -0.05) is 60.2 Å². The van der Waals surface area contributed by atoms with Crippen molar-refractivity contribution in [2.45, 2.75) is 6.92 Å². The molecule has 1 heterocycles. The van der Waals surface area contributed by atoms with Crippen LogP contribution in [-0.4, -0.2) is 22.5 Å². The first kappa shape index (κ1) is 30.1. The maximum atomic E-state index is 13.4. The van der Waals surface area contributed by atoms with Crippen molar-refractivity contribution >= 4 is 46.8 Å². The van der Waals surface area contributed by atoms with Gasteiger partial charge in [0, 0.05) is 46.7 Å².